The molecule has 0 bridgehead atoms. The van der Waals surface area contributed by atoms with Crippen molar-refractivity contribution in [2.24, 2.45) is 5.92 Å². The lowest BCUT2D eigenvalue weighted by atomic mass is 9.70. The quantitative estimate of drug-likeness (QED) is 0.681. The first-order chi connectivity index (χ1) is 8.16. The number of likely N-dealkylation sites (N-methyl/N-ethyl adjacent to an activating group) is 1. The molecule has 0 aromatic heterocycles. The van der Waals surface area contributed by atoms with Crippen LogP contribution in [-0.4, -0.2) is 30.8 Å². The van der Waals surface area contributed by atoms with E-state index < -0.39 is 0 Å². The summed E-state index contributed by atoms with van der Waals surface area (Å²) in [5, 5.41) is 0. The summed E-state index contributed by atoms with van der Waals surface area (Å²) in [5.41, 5.74) is 3.47. The van der Waals surface area contributed by atoms with E-state index in [1.165, 1.54) is 12.0 Å². The molecule has 0 N–H and O–H groups in total. The van der Waals surface area contributed by atoms with Crippen LogP contribution in [0.25, 0.3) is 0 Å². The van der Waals surface area contributed by atoms with Crippen LogP contribution in [0.4, 0.5) is 0 Å². The number of benzene rings is 1. The maximum Gasteiger partial charge on any atom is 0.163 e. The van der Waals surface area contributed by atoms with Crippen LogP contribution in [0.3, 0.4) is 0 Å². The topological polar surface area (TPSA) is 20.3 Å². The molecule has 2 atom stereocenters. The van der Waals surface area contributed by atoms with Gasteiger partial charge in [-0.1, -0.05) is 18.2 Å². The molecule has 1 aromatic rings. The smallest absolute Gasteiger partial charge is 0.163 e. The molecule has 0 spiro atoms. The van der Waals surface area contributed by atoms with Crippen molar-refractivity contribution >= 4 is 5.78 Å². The number of hydrogen-bond donors (Lipinski definition) is 0. The molecule has 1 aliphatic heterocycles. The first kappa shape index (κ1) is 11.0. The number of hydrogen-bond acceptors (Lipinski definition) is 2. The maximum atomic E-state index is 12.2. The predicted molar refractivity (Wildman–Crippen MR) is 68.5 cm³/mol. The lowest BCUT2D eigenvalue weighted by Crippen LogP contribution is -2.40. The fourth-order valence-corrected chi connectivity index (χ4v) is 3.48. The average Bonchev–Trinajstić information content (AvgIpc) is 2.30. The molecule has 2 aliphatic rings. The average molecular weight is 229 g/mol. The number of nitrogens with zero attached hydrogens (tertiary/aromatic N) is 1. The van der Waals surface area contributed by atoms with E-state index in [4.69, 9.17) is 0 Å². The third-order valence-corrected chi connectivity index (χ3v) is 4.39. The van der Waals surface area contributed by atoms with Gasteiger partial charge in [-0.25, -0.2) is 0 Å². The highest BCUT2D eigenvalue weighted by Crippen LogP contribution is 2.41. The zero-order valence-corrected chi connectivity index (χ0v) is 10.6. The number of Topliss-reactive ketones (excluding diaryl/α,β-unsaturated/α-hetero) is 1. The fourth-order valence-electron chi connectivity index (χ4n) is 3.48. The molecule has 1 heterocycles. The molecule has 0 radical (unpaired) electrons. The summed E-state index contributed by atoms with van der Waals surface area (Å²) in [7, 11) is 2.18. The number of ketones is 1. The fraction of sp³-hybridized carbons (Fsp3) is 0.533. The molecule has 3 rings (SSSR count). The Kier molecular flexibility index (Phi) is 2.55. The zero-order chi connectivity index (χ0) is 12.0. The molecule has 2 nitrogen and oxygen atoms in total. The third kappa shape index (κ3) is 1.71. The Morgan fingerprint density at radius 3 is 3.00 bits per heavy atom. The van der Waals surface area contributed by atoms with E-state index in [9.17, 15) is 4.79 Å². The van der Waals surface area contributed by atoms with Crippen LogP contribution in [0.2, 0.25) is 0 Å². The zero-order valence-electron chi connectivity index (χ0n) is 10.6. The van der Waals surface area contributed by atoms with Crippen LogP contribution in [0, 0.1) is 12.8 Å². The van der Waals surface area contributed by atoms with Crippen LogP contribution >= 0.6 is 0 Å². The van der Waals surface area contributed by atoms with E-state index in [2.05, 4.69) is 37.1 Å². The Bertz CT molecular complexity index is 466. The van der Waals surface area contributed by atoms with Gasteiger partial charge in [-0.3, -0.25) is 4.79 Å². The Labute approximate surface area is 103 Å². The standard InChI is InChI=1S/C15H19NO/c1-10-4-3-5-12-13-9-16(2)7-6-11(13)8-14(17)15(10)12/h3-5,11,13H,6-9H2,1-2H3/t11-,13-/m1/s1. The minimum atomic E-state index is 0.365. The van der Waals surface area contributed by atoms with Gasteiger partial charge in [-0.2, -0.15) is 0 Å². The van der Waals surface area contributed by atoms with Crippen molar-refractivity contribution in [1.82, 2.24) is 4.90 Å². The Morgan fingerprint density at radius 1 is 1.35 bits per heavy atom. The van der Waals surface area contributed by atoms with Gasteiger partial charge in [0.25, 0.3) is 0 Å². The lowest BCUT2D eigenvalue weighted by molar-refractivity contribution is 0.0886. The van der Waals surface area contributed by atoms with E-state index in [0.717, 1.165) is 30.6 Å². The first-order valence-corrected chi connectivity index (χ1v) is 6.48. The molecule has 0 amide bonds. The van der Waals surface area contributed by atoms with Crippen molar-refractivity contribution in [3.63, 3.8) is 0 Å². The van der Waals surface area contributed by atoms with Crippen molar-refractivity contribution in [2.45, 2.75) is 25.7 Å². The van der Waals surface area contributed by atoms with Crippen molar-refractivity contribution in [3.8, 4) is 0 Å². The van der Waals surface area contributed by atoms with Gasteiger partial charge < -0.3 is 4.90 Å². The first-order valence-electron chi connectivity index (χ1n) is 6.48. The number of carbonyl (C=O) groups excluding carboxylic acids is 1. The van der Waals surface area contributed by atoms with Gasteiger partial charge in [0.1, 0.15) is 0 Å². The maximum absolute atomic E-state index is 12.2. The Balaban J connectivity index is 2.08. The molecular weight excluding hydrogens is 210 g/mol. The number of fused-ring (bicyclic) bond motifs is 3. The second-order valence-electron chi connectivity index (χ2n) is 5.58. The van der Waals surface area contributed by atoms with Gasteiger partial charge in [-0.15, -0.1) is 0 Å². The largest absolute Gasteiger partial charge is 0.306 e. The van der Waals surface area contributed by atoms with Crippen LogP contribution < -0.4 is 0 Å². The molecule has 1 aliphatic carbocycles. The van der Waals surface area contributed by atoms with E-state index in [-0.39, 0.29) is 0 Å². The minimum absolute atomic E-state index is 0.365. The summed E-state index contributed by atoms with van der Waals surface area (Å²) in [6.45, 7) is 4.30. The summed E-state index contributed by atoms with van der Waals surface area (Å²) in [5.74, 6) is 1.51. The van der Waals surface area contributed by atoms with E-state index in [0.29, 0.717) is 17.6 Å². The van der Waals surface area contributed by atoms with Crippen molar-refractivity contribution in [1.29, 1.82) is 0 Å². The second kappa shape index (κ2) is 3.95. The van der Waals surface area contributed by atoms with Gasteiger partial charge in [0.2, 0.25) is 0 Å². The summed E-state index contributed by atoms with van der Waals surface area (Å²) < 4.78 is 0. The Hall–Kier alpha value is -1.15. The third-order valence-electron chi connectivity index (χ3n) is 4.39. The number of likely N-dealkylation sites (tertiary alicyclic amines) is 1. The predicted octanol–water partition coefficient (Wildman–Crippen LogP) is 2.62. The Morgan fingerprint density at radius 2 is 2.18 bits per heavy atom. The molecule has 2 heteroatoms. The molecule has 1 saturated heterocycles. The van der Waals surface area contributed by atoms with Crippen LogP contribution in [-0.2, 0) is 0 Å². The van der Waals surface area contributed by atoms with Crippen molar-refractivity contribution in [3.05, 3.63) is 34.9 Å². The van der Waals surface area contributed by atoms with E-state index in [1.807, 2.05) is 0 Å². The summed E-state index contributed by atoms with van der Waals surface area (Å²) >= 11 is 0. The molecule has 90 valence electrons. The van der Waals surface area contributed by atoms with Gasteiger partial charge in [0, 0.05) is 24.4 Å². The summed E-state index contributed by atoms with van der Waals surface area (Å²) in [6.07, 6.45) is 1.93. The van der Waals surface area contributed by atoms with Crippen molar-refractivity contribution < 1.29 is 4.79 Å². The lowest BCUT2D eigenvalue weighted by Gasteiger charge is -2.40. The van der Waals surface area contributed by atoms with Gasteiger partial charge in [0.05, 0.1) is 0 Å². The summed E-state index contributed by atoms with van der Waals surface area (Å²) in [4.78, 5) is 14.6. The molecule has 0 saturated carbocycles. The molecule has 1 fully saturated rings. The van der Waals surface area contributed by atoms with Gasteiger partial charge in [-0.05, 0) is 44.0 Å². The number of carbonyl (C=O) groups is 1. The summed E-state index contributed by atoms with van der Waals surface area (Å²) in [6, 6.07) is 6.32. The highest BCUT2D eigenvalue weighted by Gasteiger charge is 2.37. The van der Waals surface area contributed by atoms with Crippen LogP contribution in [0.5, 0.6) is 0 Å². The molecule has 0 unspecified atom stereocenters. The second-order valence-corrected chi connectivity index (χ2v) is 5.58. The molecule has 17 heavy (non-hydrogen) atoms. The molecular formula is C15H19NO. The van der Waals surface area contributed by atoms with E-state index in [1.54, 1.807) is 0 Å². The van der Waals surface area contributed by atoms with E-state index >= 15 is 0 Å². The monoisotopic (exact) mass is 229 g/mol. The van der Waals surface area contributed by atoms with Crippen molar-refractivity contribution in [2.75, 3.05) is 20.1 Å². The normalized spacial score (nSPS) is 28.7. The van der Waals surface area contributed by atoms with Gasteiger partial charge in [0.15, 0.2) is 5.78 Å². The van der Waals surface area contributed by atoms with Crippen LogP contribution in [0.15, 0.2) is 18.2 Å². The molecule has 1 aromatic carbocycles. The SMILES string of the molecule is Cc1cccc2c1C(=O)C[C@H]1CCN(C)C[C@@H]21. The highest BCUT2D eigenvalue weighted by molar-refractivity contribution is 6.00. The number of aryl methyl sites for hydroxylation is 1. The van der Waals surface area contributed by atoms with Crippen LogP contribution in [0.1, 0.15) is 40.2 Å². The highest BCUT2D eigenvalue weighted by atomic mass is 16.1. The minimum Gasteiger partial charge on any atom is -0.306 e. The van der Waals surface area contributed by atoms with Gasteiger partial charge >= 0.3 is 0 Å². The number of piperidine rings is 1. The number of rotatable bonds is 0.